The van der Waals surface area contributed by atoms with Crippen molar-refractivity contribution >= 4 is 35.5 Å². The molecular weight excluding hydrogens is 253 g/mol. The summed E-state index contributed by atoms with van der Waals surface area (Å²) >= 11 is 5.69. The Balaban J connectivity index is 0.00000128. The molecule has 6 nitrogen and oxygen atoms in total. The standard InChI is InChI=1S/C8H10ClN5O.ClH/c1-4(15-2)6-5(10)3-11-8-12-7(9)13-14(6)8;/h3-4H,10H2,1-2H3;1H/t4-;/m0./s1. The molecule has 0 spiro atoms. The lowest BCUT2D eigenvalue weighted by atomic mass is 10.2. The van der Waals surface area contributed by atoms with Gasteiger partial charge in [0.1, 0.15) is 0 Å². The molecule has 16 heavy (non-hydrogen) atoms. The summed E-state index contributed by atoms with van der Waals surface area (Å²) in [6.45, 7) is 1.86. The molecule has 2 aromatic heterocycles. The smallest absolute Gasteiger partial charge is 0.253 e. The molecule has 2 heterocycles. The number of nitrogens with two attached hydrogens (primary N) is 1. The van der Waals surface area contributed by atoms with Gasteiger partial charge in [0.15, 0.2) is 0 Å². The second-order valence-electron chi connectivity index (χ2n) is 3.07. The molecule has 0 fully saturated rings. The molecule has 0 aromatic carbocycles. The number of methoxy groups -OCH3 is 1. The van der Waals surface area contributed by atoms with E-state index in [-0.39, 0.29) is 23.8 Å². The lowest BCUT2D eigenvalue weighted by Gasteiger charge is -2.12. The molecule has 0 aliphatic rings. The van der Waals surface area contributed by atoms with Crippen LogP contribution in [-0.2, 0) is 4.74 Å². The number of hydrogen-bond donors (Lipinski definition) is 1. The van der Waals surface area contributed by atoms with E-state index in [1.807, 2.05) is 6.92 Å². The van der Waals surface area contributed by atoms with E-state index >= 15 is 0 Å². The number of rotatable bonds is 2. The number of aromatic nitrogens is 4. The van der Waals surface area contributed by atoms with Crippen LogP contribution in [0.25, 0.3) is 5.78 Å². The van der Waals surface area contributed by atoms with Gasteiger partial charge in [-0.2, -0.15) is 9.50 Å². The second-order valence-corrected chi connectivity index (χ2v) is 3.41. The van der Waals surface area contributed by atoms with Crippen LogP contribution in [0.4, 0.5) is 5.69 Å². The summed E-state index contributed by atoms with van der Waals surface area (Å²) in [4.78, 5) is 7.93. The van der Waals surface area contributed by atoms with Gasteiger partial charge in [-0.25, -0.2) is 4.98 Å². The first kappa shape index (κ1) is 13.0. The molecule has 0 aliphatic carbocycles. The highest BCUT2D eigenvalue weighted by atomic mass is 35.5. The van der Waals surface area contributed by atoms with E-state index in [1.54, 1.807) is 7.11 Å². The van der Waals surface area contributed by atoms with Crippen LogP contribution in [-0.4, -0.2) is 26.7 Å². The molecular formula is C8H11Cl2N5O. The molecule has 0 saturated carbocycles. The van der Waals surface area contributed by atoms with Gasteiger partial charge in [0.05, 0.1) is 23.7 Å². The summed E-state index contributed by atoms with van der Waals surface area (Å²) in [5.74, 6) is 0.410. The van der Waals surface area contributed by atoms with Crippen molar-refractivity contribution in [3.05, 3.63) is 17.2 Å². The topological polar surface area (TPSA) is 78.3 Å². The number of anilines is 1. The van der Waals surface area contributed by atoms with Crippen molar-refractivity contribution in [3.8, 4) is 0 Å². The predicted molar refractivity (Wildman–Crippen MR) is 62.9 cm³/mol. The molecule has 0 radical (unpaired) electrons. The largest absolute Gasteiger partial charge is 0.396 e. The van der Waals surface area contributed by atoms with Crippen LogP contribution in [0.3, 0.4) is 0 Å². The van der Waals surface area contributed by atoms with Crippen LogP contribution in [0, 0.1) is 0 Å². The fourth-order valence-corrected chi connectivity index (χ4v) is 1.51. The SMILES string of the molecule is CO[C@@H](C)c1c(N)cnc2nc(Cl)nn12.Cl. The van der Waals surface area contributed by atoms with Crippen LogP contribution in [0.2, 0.25) is 5.28 Å². The summed E-state index contributed by atoms with van der Waals surface area (Å²) in [7, 11) is 1.59. The van der Waals surface area contributed by atoms with Crippen LogP contribution in [0.5, 0.6) is 0 Å². The maximum atomic E-state index is 5.80. The average Bonchev–Trinajstić information content (AvgIpc) is 2.57. The fraction of sp³-hybridized carbons (Fsp3) is 0.375. The van der Waals surface area contributed by atoms with Gasteiger partial charge in [-0.1, -0.05) is 0 Å². The van der Waals surface area contributed by atoms with Gasteiger partial charge in [-0.05, 0) is 18.5 Å². The van der Waals surface area contributed by atoms with Crippen molar-refractivity contribution in [2.45, 2.75) is 13.0 Å². The van der Waals surface area contributed by atoms with Gasteiger partial charge in [0.2, 0.25) is 5.28 Å². The van der Waals surface area contributed by atoms with E-state index in [2.05, 4.69) is 15.1 Å². The maximum Gasteiger partial charge on any atom is 0.253 e. The third-order valence-corrected chi connectivity index (χ3v) is 2.31. The first-order valence-corrected chi connectivity index (χ1v) is 4.70. The third kappa shape index (κ3) is 2.04. The lowest BCUT2D eigenvalue weighted by Crippen LogP contribution is -2.10. The number of hydrogen-bond acceptors (Lipinski definition) is 5. The molecule has 2 aromatic rings. The number of halogens is 2. The minimum absolute atomic E-state index is 0. The summed E-state index contributed by atoms with van der Waals surface area (Å²) in [5.41, 5.74) is 6.99. The number of nitrogens with zero attached hydrogens (tertiary/aromatic N) is 4. The predicted octanol–water partition coefficient (Wildman–Crippen LogP) is 1.49. The summed E-state index contributed by atoms with van der Waals surface area (Å²) in [5, 5.41) is 4.13. The number of nitrogen functional groups attached to an aromatic ring is 1. The van der Waals surface area contributed by atoms with Crippen molar-refractivity contribution in [2.75, 3.05) is 12.8 Å². The monoisotopic (exact) mass is 263 g/mol. The summed E-state index contributed by atoms with van der Waals surface area (Å²) in [6, 6.07) is 0. The molecule has 8 heteroatoms. The zero-order chi connectivity index (χ0) is 11.0. The van der Waals surface area contributed by atoms with Crippen molar-refractivity contribution in [3.63, 3.8) is 0 Å². The fourth-order valence-electron chi connectivity index (χ4n) is 1.36. The van der Waals surface area contributed by atoms with E-state index in [0.29, 0.717) is 17.2 Å². The highest BCUT2D eigenvalue weighted by molar-refractivity contribution is 6.28. The maximum absolute atomic E-state index is 5.80. The van der Waals surface area contributed by atoms with E-state index in [9.17, 15) is 0 Å². The quantitative estimate of drug-likeness (QED) is 0.888. The highest BCUT2D eigenvalue weighted by Crippen LogP contribution is 2.22. The minimum atomic E-state index is -0.201. The average molecular weight is 264 g/mol. The highest BCUT2D eigenvalue weighted by Gasteiger charge is 2.16. The molecule has 88 valence electrons. The van der Waals surface area contributed by atoms with Gasteiger partial charge in [0.25, 0.3) is 5.78 Å². The van der Waals surface area contributed by atoms with Gasteiger partial charge in [0, 0.05) is 7.11 Å². The number of ether oxygens (including phenoxy) is 1. The summed E-state index contributed by atoms with van der Waals surface area (Å²) in [6.07, 6.45) is 1.32. The zero-order valence-electron chi connectivity index (χ0n) is 8.72. The van der Waals surface area contributed by atoms with Crippen molar-refractivity contribution in [2.24, 2.45) is 0 Å². The first-order chi connectivity index (χ1) is 7.13. The van der Waals surface area contributed by atoms with Crippen molar-refractivity contribution in [1.29, 1.82) is 0 Å². The molecule has 0 unspecified atom stereocenters. The van der Waals surface area contributed by atoms with E-state index < -0.39 is 0 Å². The lowest BCUT2D eigenvalue weighted by molar-refractivity contribution is 0.114. The Kier molecular flexibility index (Phi) is 3.90. The third-order valence-electron chi connectivity index (χ3n) is 2.15. The molecule has 0 amide bonds. The molecule has 0 bridgehead atoms. The van der Waals surface area contributed by atoms with E-state index in [4.69, 9.17) is 22.1 Å². The Hall–Kier alpha value is -1.11. The van der Waals surface area contributed by atoms with Crippen LogP contribution in [0.1, 0.15) is 18.7 Å². The second kappa shape index (κ2) is 4.82. The molecule has 2 N–H and O–H groups in total. The van der Waals surface area contributed by atoms with Crippen LogP contribution < -0.4 is 5.73 Å². The van der Waals surface area contributed by atoms with Gasteiger partial charge >= 0.3 is 0 Å². The van der Waals surface area contributed by atoms with Crippen molar-refractivity contribution in [1.82, 2.24) is 19.6 Å². The Morgan fingerprint density at radius 1 is 1.56 bits per heavy atom. The zero-order valence-corrected chi connectivity index (χ0v) is 10.3. The summed E-state index contributed by atoms with van der Waals surface area (Å²) < 4.78 is 6.69. The van der Waals surface area contributed by atoms with Crippen LogP contribution >= 0.6 is 24.0 Å². The Bertz CT molecular complexity index is 500. The minimum Gasteiger partial charge on any atom is -0.396 e. The van der Waals surface area contributed by atoms with Gasteiger partial charge < -0.3 is 10.5 Å². The van der Waals surface area contributed by atoms with Gasteiger partial charge in [-0.15, -0.1) is 17.5 Å². The number of fused-ring (bicyclic) bond motifs is 1. The molecule has 2 rings (SSSR count). The van der Waals surface area contributed by atoms with Gasteiger partial charge in [-0.3, -0.25) is 0 Å². The van der Waals surface area contributed by atoms with Crippen molar-refractivity contribution < 1.29 is 4.74 Å². The van der Waals surface area contributed by atoms with Crippen LogP contribution in [0.15, 0.2) is 6.20 Å². The molecule has 0 saturated heterocycles. The first-order valence-electron chi connectivity index (χ1n) is 4.33. The Labute approximate surface area is 103 Å². The van der Waals surface area contributed by atoms with E-state index in [0.717, 1.165) is 0 Å². The normalized spacial score (nSPS) is 12.4. The molecule has 0 aliphatic heterocycles. The van der Waals surface area contributed by atoms with E-state index in [1.165, 1.54) is 10.7 Å². The Morgan fingerprint density at radius 3 is 2.88 bits per heavy atom. The Morgan fingerprint density at radius 2 is 2.25 bits per heavy atom. The molecule has 1 atom stereocenters.